The summed E-state index contributed by atoms with van der Waals surface area (Å²) in [6, 6.07) is 12.2. The molecule has 3 saturated carbocycles. The Morgan fingerprint density at radius 3 is 2.26 bits per heavy atom. The van der Waals surface area contributed by atoms with Crippen LogP contribution in [0.4, 0.5) is 0 Å². The number of hydrogen-bond acceptors (Lipinski definition) is 9. The van der Waals surface area contributed by atoms with E-state index < -0.39 is 75.9 Å². The monoisotopic (exact) mass is 766 g/mol. The summed E-state index contributed by atoms with van der Waals surface area (Å²) in [6.45, 7) is 24.4. The fourth-order valence-electron chi connectivity index (χ4n) is 11.0. The van der Waals surface area contributed by atoms with Gasteiger partial charge in [0.2, 0.25) is 0 Å². The molecule has 0 radical (unpaired) electrons. The third-order valence-electron chi connectivity index (χ3n) is 14.3. The van der Waals surface area contributed by atoms with E-state index in [-0.39, 0.29) is 30.7 Å². The number of carbonyl (C=O) groups is 2. The van der Waals surface area contributed by atoms with Gasteiger partial charge in [-0.1, -0.05) is 66.3 Å². The van der Waals surface area contributed by atoms with E-state index in [1.807, 2.05) is 18.2 Å². The van der Waals surface area contributed by atoms with Gasteiger partial charge in [-0.2, -0.15) is 0 Å². The molecule has 9 nitrogen and oxygen atoms in total. The van der Waals surface area contributed by atoms with Crippen LogP contribution in [-0.2, 0) is 37.3 Å². The average Bonchev–Trinajstić information content (AvgIpc) is 3.90. The second-order valence-corrected chi connectivity index (χ2v) is 24.8. The van der Waals surface area contributed by atoms with Gasteiger partial charge in [0.25, 0.3) is 0 Å². The minimum atomic E-state index is -2.17. The van der Waals surface area contributed by atoms with Crippen LogP contribution in [0.1, 0.15) is 90.9 Å². The minimum absolute atomic E-state index is 0.119. The molecule has 5 fully saturated rings. The second-order valence-electron chi connectivity index (χ2n) is 17.7. The molecule has 292 valence electrons. The first kappa shape index (κ1) is 39.1. The summed E-state index contributed by atoms with van der Waals surface area (Å²) in [5.74, 6) is -1.29. The molecule has 2 bridgehead atoms. The molecule has 0 N–H and O–H groups in total. The van der Waals surface area contributed by atoms with Crippen LogP contribution in [-0.4, -0.2) is 83.9 Å². The van der Waals surface area contributed by atoms with Gasteiger partial charge in [-0.15, -0.1) is 0 Å². The zero-order chi connectivity index (χ0) is 38.1. The maximum Gasteiger partial charge on any atom is 0.338 e. The largest absolute Gasteiger partial charge is 0.455 e. The van der Waals surface area contributed by atoms with Crippen LogP contribution in [0.3, 0.4) is 0 Å². The molecule has 0 spiro atoms. The summed E-state index contributed by atoms with van der Waals surface area (Å²) in [4.78, 5) is 28.6. The Morgan fingerprint density at radius 2 is 1.70 bits per heavy atom. The Morgan fingerprint density at radius 1 is 1.02 bits per heavy atom. The predicted molar refractivity (Wildman–Crippen MR) is 207 cm³/mol. The number of benzene rings is 1. The highest BCUT2D eigenvalue weighted by atomic mass is 28.4. The Kier molecular flexibility index (Phi) is 10.4. The van der Waals surface area contributed by atoms with Crippen LogP contribution in [0.15, 0.2) is 54.1 Å². The van der Waals surface area contributed by atoms with Gasteiger partial charge in [0.1, 0.15) is 23.9 Å². The average molecular weight is 767 g/mol. The molecule has 0 amide bonds. The Labute approximate surface area is 319 Å². The van der Waals surface area contributed by atoms with Crippen LogP contribution < -0.4 is 0 Å². The molecule has 1 aromatic rings. The molecular formula is C42H62O9Si2. The van der Waals surface area contributed by atoms with E-state index in [1.165, 1.54) is 0 Å². The van der Waals surface area contributed by atoms with Crippen LogP contribution in [0, 0.1) is 22.7 Å². The van der Waals surface area contributed by atoms with Gasteiger partial charge in [0.05, 0.1) is 36.2 Å². The van der Waals surface area contributed by atoms with Crippen molar-refractivity contribution in [3.05, 3.63) is 59.7 Å². The summed E-state index contributed by atoms with van der Waals surface area (Å²) in [5.41, 5.74) is -0.837. The number of rotatable bonds is 12. The van der Waals surface area contributed by atoms with Gasteiger partial charge in [-0.05, 0) is 93.2 Å². The maximum atomic E-state index is 14.7. The van der Waals surface area contributed by atoms with E-state index >= 15 is 0 Å². The fourth-order valence-corrected chi connectivity index (χ4v) is 15.3. The number of fused-ring (bicyclic) bond motifs is 8. The van der Waals surface area contributed by atoms with E-state index in [1.54, 1.807) is 18.2 Å². The first-order valence-corrected chi connectivity index (χ1v) is 25.6. The first-order chi connectivity index (χ1) is 25.2. The lowest BCUT2D eigenvalue weighted by Gasteiger charge is -2.69. The molecule has 7 rings (SSSR count). The van der Waals surface area contributed by atoms with Crippen molar-refractivity contribution in [2.75, 3.05) is 6.61 Å². The molecule has 11 heteroatoms. The first-order valence-electron chi connectivity index (χ1n) is 20.3. The molecule has 2 saturated heterocycles. The van der Waals surface area contributed by atoms with Gasteiger partial charge in [0.15, 0.2) is 29.2 Å². The Hall–Kier alpha value is -2.13. The fraction of sp³-hybridized carbons (Fsp3) is 0.714. The predicted octanol–water partition coefficient (Wildman–Crippen LogP) is 7.90. The normalized spacial score (nSPS) is 38.8. The highest BCUT2D eigenvalue weighted by Gasteiger charge is 2.77. The van der Waals surface area contributed by atoms with E-state index in [0.29, 0.717) is 24.8 Å². The van der Waals surface area contributed by atoms with Gasteiger partial charge < -0.3 is 32.5 Å². The smallest absolute Gasteiger partial charge is 0.338 e. The van der Waals surface area contributed by atoms with Crippen molar-refractivity contribution in [1.29, 1.82) is 0 Å². The lowest BCUT2D eigenvalue weighted by Crippen LogP contribution is -2.80. The van der Waals surface area contributed by atoms with E-state index in [9.17, 15) is 9.59 Å². The molecule has 4 aliphatic carbocycles. The highest BCUT2D eigenvalue weighted by molar-refractivity contribution is 6.73. The van der Waals surface area contributed by atoms with E-state index in [2.05, 4.69) is 68.1 Å². The second kappa shape index (κ2) is 14.1. The molecule has 1 aromatic carbocycles. The molecule has 9 unspecified atom stereocenters. The number of hydrogen-bond donors (Lipinski definition) is 0. The zero-order valence-corrected chi connectivity index (χ0v) is 35.6. The summed E-state index contributed by atoms with van der Waals surface area (Å²) in [5, 5.41) is 0. The van der Waals surface area contributed by atoms with E-state index in [4.69, 9.17) is 32.5 Å². The number of ether oxygens (including phenoxy) is 5. The van der Waals surface area contributed by atoms with Gasteiger partial charge in [0, 0.05) is 17.3 Å². The van der Waals surface area contributed by atoms with Crippen molar-refractivity contribution in [2.45, 2.75) is 160 Å². The van der Waals surface area contributed by atoms with Gasteiger partial charge in [-0.25, -0.2) is 4.79 Å². The molecular weight excluding hydrogens is 705 g/mol. The molecule has 0 aromatic heterocycles. The third kappa shape index (κ3) is 6.10. The molecule has 2 aliphatic heterocycles. The standard InChI is InChI=1S/C42H62O9Si2/c1-11-31-46-33-32-26(5)29(50-53(12-2,13-3)14-4)24-42(39(32,6)7,51-52(9)10)36(48-37(43)27-18-16-15-17-19-27)34-40(8,35(33)47-31)23-22-30-41(34,25-45-30)49-38(44)28-20-21-28/h11,15-19,28-31,33-36,52H,1,12-14,20-25H2,2-10H3/t29?,30?,31?,33?,34?,35?,36?,40-,41?,42?/m1/s1. The third-order valence-corrected chi connectivity index (χ3v) is 19.8. The van der Waals surface area contributed by atoms with Crippen molar-refractivity contribution >= 4 is 29.3 Å². The maximum absolute atomic E-state index is 14.7. The zero-order valence-electron chi connectivity index (χ0n) is 33.4. The summed E-state index contributed by atoms with van der Waals surface area (Å²) < 4.78 is 49.4. The lowest BCUT2D eigenvalue weighted by molar-refractivity contribution is -0.344. The minimum Gasteiger partial charge on any atom is -0.455 e. The van der Waals surface area contributed by atoms with Crippen molar-refractivity contribution in [1.82, 2.24) is 0 Å². The molecule has 53 heavy (non-hydrogen) atoms. The van der Waals surface area contributed by atoms with Crippen molar-refractivity contribution in [3.8, 4) is 0 Å². The van der Waals surface area contributed by atoms with Crippen LogP contribution in [0.25, 0.3) is 0 Å². The highest BCUT2D eigenvalue weighted by Crippen LogP contribution is 2.68. The Bertz CT molecular complexity index is 1600. The molecule has 10 atom stereocenters. The van der Waals surface area contributed by atoms with Crippen molar-refractivity contribution < 1.29 is 42.1 Å². The lowest BCUT2D eigenvalue weighted by atomic mass is 9.45. The van der Waals surface area contributed by atoms with Crippen LogP contribution >= 0.6 is 0 Å². The van der Waals surface area contributed by atoms with Crippen LogP contribution in [0.5, 0.6) is 0 Å². The van der Waals surface area contributed by atoms with Gasteiger partial charge >= 0.3 is 11.9 Å². The summed E-state index contributed by atoms with van der Waals surface area (Å²) >= 11 is 0. The molecule has 2 heterocycles. The SMILES string of the molecule is C=CC1OC2C3=C(C)C(O[Si](CC)(CC)CC)CC(O[SiH](C)C)(C(OC(=O)c4ccccc4)C4C5(OC(=O)C6CC6)COC5CC[C@@]4(C)C2O1)C3(C)C. The summed E-state index contributed by atoms with van der Waals surface area (Å²) in [6.07, 6.45) is 2.17. The van der Waals surface area contributed by atoms with Crippen LogP contribution in [0.2, 0.25) is 31.2 Å². The molecule has 6 aliphatic rings. The van der Waals surface area contributed by atoms with Crippen molar-refractivity contribution in [2.24, 2.45) is 22.7 Å². The summed E-state index contributed by atoms with van der Waals surface area (Å²) in [7, 11) is -4.07. The quantitative estimate of drug-likeness (QED) is 0.120. The van der Waals surface area contributed by atoms with E-state index in [0.717, 1.165) is 42.1 Å². The van der Waals surface area contributed by atoms with Crippen molar-refractivity contribution in [3.63, 3.8) is 0 Å². The van der Waals surface area contributed by atoms with Gasteiger partial charge in [-0.3, -0.25) is 4.79 Å². The Balaban J connectivity index is 1.53. The number of esters is 2. The topological polar surface area (TPSA) is 98.8 Å². The number of carbonyl (C=O) groups excluding carboxylic acids is 2.